The van der Waals surface area contributed by atoms with Crippen molar-refractivity contribution in [3.8, 4) is 5.69 Å². The van der Waals surface area contributed by atoms with Crippen LogP contribution in [0.1, 0.15) is 22.7 Å². The topological polar surface area (TPSA) is 43.8 Å². The summed E-state index contributed by atoms with van der Waals surface area (Å²) in [7, 11) is 0. The van der Waals surface area contributed by atoms with Gasteiger partial charge in [-0.3, -0.25) is 0 Å². The molecule has 0 fully saturated rings. The van der Waals surface area contributed by atoms with Crippen LogP contribution in [0.15, 0.2) is 65.4 Å². The summed E-state index contributed by atoms with van der Waals surface area (Å²) in [5.74, 6) is 0. The first-order valence-electron chi connectivity index (χ1n) is 6.76. The van der Waals surface area contributed by atoms with Crippen LogP contribution in [-0.4, -0.2) is 9.78 Å². The van der Waals surface area contributed by atoms with E-state index in [9.17, 15) is 0 Å². The summed E-state index contributed by atoms with van der Waals surface area (Å²) in [6.07, 6.45) is 3.81. The maximum absolute atomic E-state index is 6.37. The van der Waals surface area contributed by atoms with E-state index in [2.05, 4.69) is 46.2 Å². The van der Waals surface area contributed by atoms with Crippen LogP contribution in [-0.2, 0) is 0 Å². The number of hydrogen-bond acceptors (Lipinski definition) is 2. The van der Waals surface area contributed by atoms with Crippen molar-refractivity contribution in [1.82, 2.24) is 9.78 Å². The van der Waals surface area contributed by atoms with Crippen molar-refractivity contribution in [2.45, 2.75) is 13.0 Å². The average molecular weight is 342 g/mol. The second-order valence-corrected chi connectivity index (χ2v) is 6.01. The first-order valence-corrected chi connectivity index (χ1v) is 7.55. The minimum atomic E-state index is -0.182. The third-order valence-electron chi connectivity index (χ3n) is 3.41. The van der Waals surface area contributed by atoms with E-state index in [-0.39, 0.29) is 6.04 Å². The summed E-state index contributed by atoms with van der Waals surface area (Å²) in [4.78, 5) is 0. The highest BCUT2D eigenvalue weighted by atomic mass is 79.9. The van der Waals surface area contributed by atoms with Crippen molar-refractivity contribution in [3.05, 3.63) is 82.1 Å². The quantitative estimate of drug-likeness (QED) is 0.782. The van der Waals surface area contributed by atoms with E-state index in [4.69, 9.17) is 5.73 Å². The lowest BCUT2D eigenvalue weighted by atomic mass is 10.0. The molecule has 21 heavy (non-hydrogen) atoms. The Hall–Kier alpha value is -1.91. The Morgan fingerprint density at radius 2 is 1.86 bits per heavy atom. The number of rotatable bonds is 3. The minimum Gasteiger partial charge on any atom is -0.320 e. The van der Waals surface area contributed by atoms with E-state index in [1.54, 1.807) is 0 Å². The third kappa shape index (κ3) is 3.06. The maximum atomic E-state index is 6.37. The van der Waals surface area contributed by atoms with Crippen LogP contribution in [0.3, 0.4) is 0 Å². The van der Waals surface area contributed by atoms with Gasteiger partial charge in [0.25, 0.3) is 0 Å². The Balaban J connectivity index is 1.92. The van der Waals surface area contributed by atoms with Gasteiger partial charge in [-0.25, -0.2) is 4.68 Å². The predicted molar refractivity (Wildman–Crippen MR) is 88.5 cm³/mol. The Kier molecular flexibility index (Phi) is 3.90. The molecule has 0 aliphatic rings. The molecule has 0 saturated heterocycles. The zero-order valence-electron chi connectivity index (χ0n) is 11.7. The largest absolute Gasteiger partial charge is 0.320 e. The number of aryl methyl sites for hydroxylation is 1. The molecular weight excluding hydrogens is 326 g/mol. The third-order valence-corrected chi connectivity index (χ3v) is 3.86. The molecule has 0 spiro atoms. The summed E-state index contributed by atoms with van der Waals surface area (Å²) in [6, 6.07) is 16.1. The molecule has 0 bridgehead atoms. The van der Waals surface area contributed by atoms with Gasteiger partial charge in [0.2, 0.25) is 0 Å². The molecule has 4 heteroatoms. The number of nitrogens with zero attached hydrogens (tertiary/aromatic N) is 2. The molecule has 1 heterocycles. The normalized spacial score (nSPS) is 12.3. The van der Waals surface area contributed by atoms with Gasteiger partial charge in [-0.1, -0.05) is 40.2 Å². The molecule has 1 atom stereocenters. The van der Waals surface area contributed by atoms with Crippen molar-refractivity contribution in [2.24, 2.45) is 5.73 Å². The second kappa shape index (κ2) is 5.84. The molecule has 3 rings (SSSR count). The highest BCUT2D eigenvalue weighted by molar-refractivity contribution is 9.10. The predicted octanol–water partition coefficient (Wildman–Crippen LogP) is 3.99. The highest BCUT2D eigenvalue weighted by Gasteiger charge is 2.12. The molecule has 0 aliphatic carbocycles. The fourth-order valence-corrected chi connectivity index (χ4v) is 2.98. The molecule has 0 amide bonds. The standard InChI is InChI=1S/C17H16BrN3/c1-12-7-13(9-15(18)8-12)17(19)14-10-20-21(11-14)16-5-3-2-4-6-16/h2-11,17H,19H2,1H3. The number of halogens is 1. The summed E-state index contributed by atoms with van der Waals surface area (Å²) in [6.45, 7) is 2.06. The number of hydrogen-bond donors (Lipinski definition) is 1. The van der Waals surface area contributed by atoms with Gasteiger partial charge in [0.1, 0.15) is 0 Å². The van der Waals surface area contributed by atoms with Crippen LogP contribution in [0.25, 0.3) is 5.69 Å². The lowest BCUT2D eigenvalue weighted by Gasteiger charge is -2.11. The van der Waals surface area contributed by atoms with E-state index >= 15 is 0 Å². The lowest BCUT2D eigenvalue weighted by Crippen LogP contribution is -2.11. The molecule has 2 N–H and O–H groups in total. The summed E-state index contributed by atoms with van der Waals surface area (Å²) in [5, 5.41) is 4.40. The van der Waals surface area contributed by atoms with Crippen LogP contribution >= 0.6 is 15.9 Å². The van der Waals surface area contributed by atoms with Gasteiger partial charge in [-0.2, -0.15) is 5.10 Å². The van der Waals surface area contributed by atoms with Gasteiger partial charge in [-0.05, 0) is 42.3 Å². The van der Waals surface area contributed by atoms with Crippen LogP contribution in [0.5, 0.6) is 0 Å². The fraction of sp³-hybridized carbons (Fsp3) is 0.118. The number of benzene rings is 2. The Labute approximate surface area is 132 Å². The molecule has 0 saturated carbocycles. The van der Waals surface area contributed by atoms with E-state index < -0.39 is 0 Å². The van der Waals surface area contributed by atoms with Gasteiger partial charge in [0, 0.05) is 16.2 Å². The number of para-hydroxylation sites is 1. The highest BCUT2D eigenvalue weighted by Crippen LogP contribution is 2.24. The Morgan fingerprint density at radius 3 is 2.57 bits per heavy atom. The maximum Gasteiger partial charge on any atom is 0.0645 e. The Bertz CT molecular complexity index is 729. The minimum absolute atomic E-state index is 0.182. The first-order chi connectivity index (χ1) is 10.1. The van der Waals surface area contributed by atoms with Crippen molar-refractivity contribution >= 4 is 15.9 Å². The van der Waals surface area contributed by atoms with Crippen LogP contribution in [0, 0.1) is 6.92 Å². The molecule has 2 aromatic carbocycles. The molecule has 3 nitrogen and oxygen atoms in total. The fourth-order valence-electron chi connectivity index (χ4n) is 2.36. The summed E-state index contributed by atoms with van der Waals surface area (Å²) < 4.78 is 2.89. The number of aromatic nitrogens is 2. The molecule has 0 radical (unpaired) electrons. The zero-order chi connectivity index (χ0) is 14.8. The summed E-state index contributed by atoms with van der Waals surface area (Å²) >= 11 is 3.52. The molecule has 1 aromatic heterocycles. The van der Waals surface area contributed by atoms with Crippen LogP contribution in [0.2, 0.25) is 0 Å². The molecular formula is C17H16BrN3. The average Bonchev–Trinajstić information content (AvgIpc) is 2.96. The smallest absolute Gasteiger partial charge is 0.0645 e. The van der Waals surface area contributed by atoms with E-state index in [1.807, 2.05) is 47.4 Å². The van der Waals surface area contributed by atoms with Gasteiger partial charge < -0.3 is 5.73 Å². The molecule has 1 unspecified atom stereocenters. The molecule has 0 aliphatic heterocycles. The van der Waals surface area contributed by atoms with Crippen LogP contribution < -0.4 is 5.73 Å². The van der Waals surface area contributed by atoms with E-state index in [1.165, 1.54) is 5.56 Å². The van der Waals surface area contributed by atoms with Crippen LogP contribution in [0.4, 0.5) is 0 Å². The van der Waals surface area contributed by atoms with E-state index in [0.29, 0.717) is 0 Å². The molecule has 3 aromatic rings. The second-order valence-electron chi connectivity index (χ2n) is 5.09. The SMILES string of the molecule is Cc1cc(Br)cc(C(N)c2cnn(-c3ccccc3)c2)c1. The van der Waals surface area contributed by atoms with Gasteiger partial charge in [-0.15, -0.1) is 0 Å². The Morgan fingerprint density at radius 1 is 1.10 bits per heavy atom. The first kappa shape index (κ1) is 14.0. The van der Waals surface area contributed by atoms with Crippen molar-refractivity contribution in [2.75, 3.05) is 0 Å². The summed E-state index contributed by atoms with van der Waals surface area (Å²) in [5.41, 5.74) is 10.7. The van der Waals surface area contributed by atoms with Crippen molar-refractivity contribution < 1.29 is 0 Å². The number of nitrogens with two attached hydrogens (primary N) is 1. The van der Waals surface area contributed by atoms with Gasteiger partial charge in [0.15, 0.2) is 0 Å². The van der Waals surface area contributed by atoms with Crippen molar-refractivity contribution in [3.63, 3.8) is 0 Å². The molecule has 106 valence electrons. The van der Waals surface area contributed by atoms with Crippen molar-refractivity contribution in [1.29, 1.82) is 0 Å². The lowest BCUT2D eigenvalue weighted by molar-refractivity contribution is 0.860. The van der Waals surface area contributed by atoms with E-state index in [0.717, 1.165) is 21.3 Å². The zero-order valence-corrected chi connectivity index (χ0v) is 13.3. The monoisotopic (exact) mass is 341 g/mol. The van der Waals surface area contributed by atoms with Gasteiger partial charge in [0.05, 0.1) is 17.9 Å². The van der Waals surface area contributed by atoms with Gasteiger partial charge >= 0.3 is 0 Å².